The highest BCUT2D eigenvalue weighted by Gasteiger charge is 2.33. The summed E-state index contributed by atoms with van der Waals surface area (Å²) in [5, 5.41) is 10.1. The summed E-state index contributed by atoms with van der Waals surface area (Å²) in [6.07, 6.45) is 3.15. The van der Waals surface area contributed by atoms with Crippen LogP contribution in [0.3, 0.4) is 0 Å². The van der Waals surface area contributed by atoms with Crippen molar-refractivity contribution >= 4 is 11.5 Å². The lowest BCUT2D eigenvalue weighted by Gasteiger charge is -2.34. The molecule has 4 nitrogen and oxygen atoms in total. The molecule has 1 heterocycles. The van der Waals surface area contributed by atoms with E-state index in [4.69, 9.17) is 4.74 Å². The first-order valence-corrected chi connectivity index (χ1v) is 9.48. The van der Waals surface area contributed by atoms with E-state index < -0.39 is 12.0 Å². The van der Waals surface area contributed by atoms with Crippen LogP contribution in [0.4, 0.5) is 0 Å². The molecule has 1 fully saturated rings. The summed E-state index contributed by atoms with van der Waals surface area (Å²) in [5.74, 6) is -0.771. The fourth-order valence-electron chi connectivity index (χ4n) is 3.62. The molecule has 1 saturated heterocycles. The first kappa shape index (κ1) is 19.3. The number of nitrogens with zero attached hydrogens (tertiary/aromatic N) is 1. The van der Waals surface area contributed by atoms with E-state index in [-0.39, 0.29) is 5.97 Å². The number of methoxy groups -OCH3 is 1. The van der Waals surface area contributed by atoms with Gasteiger partial charge in [0.2, 0.25) is 0 Å². The maximum absolute atomic E-state index is 11.9. The normalized spacial score (nSPS) is 20.1. The predicted octanol–water partition coefficient (Wildman–Crippen LogP) is 3.36. The zero-order valence-corrected chi connectivity index (χ0v) is 15.8. The van der Waals surface area contributed by atoms with E-state index in [1.165, 1.54) is 23.8 Å². The van der Waals surface area contributed by atoms with E-state index in [0.29, 0.717) is 13.0 Å². The Morgan fingerprint density at radius 3 is 2.26 bits per heavy atom. The number of piperidine rings is 1. The Hall–Kier alpha value is -2.43. The molecule has 0 spiro atoms. The average Bonchev–Trinajstić information content (AvgIpc) is 2.73. The lowest BCUT2D eigenvalue weighted by molar-refractivity contribution is -0.152. The van der Waals surface area contributed by atoms with Crippen LogP contribution in [0.1, 0.15) is 24.0 Å². The number of hydrogen-bond acceptors (Lipinski definition) is 4. The van der Waals surface area contributed by atoms with Gasteiger partial charge in [-0.1, -0.05) is 66.7 Å². The predicted molar refractivity (Wildman–Crippen MR) is 107 cm³/mol. The molecule has 3 rings (SSSR count). The molecule has 2 atom stereocenters. The van der Waals surface area contributed by atoms with Crippen LogP contribution < -0.4 is 0 Å². The van der Waals surface area contributed by atoms with Crippen molar-refractivity contribution in [2.24, 2.45) is 5.92 Å². The van der Waals surface area contributed by atoms with Gasteiger partial charge < -0.3 is 14.7 Å². The second-order valence-electron chi connectivity index (χ2n) is 6.92. The Balaban J connectivity index is 1.69. The number of esters is 1. The highest BCUT2D eigenvalue weighted by Crippen LogP contribution is 2.24. The number of benzene rings is 2. The third-order valence-electron chi connectivity index (χ3n) is 5.13. The van der Waals surface area contributed by atoms with Gasteiger partial charge in [0.1, 0.15) is 0 Å². The van der Waals surface area contributed by atoms with Crippen LogP contribution >= 0.6 is 0 Å². The van der Waals surface area contributed by atoms with Gasteiger partial charge in [0.05, 0.1) is 19.1 Å². The van der Waals surface area contributed by atoms with Gasteiger partial charge >= 0.3 is 5.97 Å². The lowest BCUT2D eigenvalue weighted by Crippen LogP contribution is -2.47. The summed E-state index contributed by atoms with van der Waals surface area (Å²) < 4.78 is 4.83. The van der Waals surface area contributed by atoms with Crippen molar-refractivity contribution in [1.82, 2.24) is 4.90 Å². The summed E-state index contributed by atoms with van der Waals surface area (Å²) >= 11 is 0. The van der Waals surface area contributed by atoms with Gasteiger partial charge in [0.25, 0.3) is 0 Å². The van der Waals surface area contributed by atoms with Crippen molar-refractivity contribution in [3.8, 4) is 0 Å². The molecule has 0 radical (unpaired) electrons. The van der Waals surface area contributed by atoms with E-state index in [1.54, 1.807) is 0 Å². The van der Waals surface area contributed by atoms with Gasteiger partial charge in [-0.05, 0) is 29.5 Å². The minimum absolute atomic E-state index is 0.322. The second-order valence-corrected chi connectivity index (χ2v) is 6.92. The lowest BCUT2D eigenvalue weighted by atomic mass is 9.94. The molecule has 1 aliphatic heterocycles. The van der Waals surface area contributed by atoms with Crippen LogP contribution in [-0.4, -0.2) is 48.8 Å². The Morgan fingerprint density at radius 1 is 1.11 bits per heavy atom. The standard InChI is InChI=1S/C23H27NO3/c1-27-23(26)21-17-24(16-14-22(21)25)15-8-13-20(18-9-4-2-5-10-18)19-11-6-3-7-12-19/h2-7,9-13,21-22,25H,8,14-17H2,1H3/t21-,22+/m0/s1. The maximum Gasteiger partial charge on any atom is 0.312 e. The largest absolute Gasteiger partial charge is 0.469 e. The Labute approximate surface area is 161 Å². The number of carbonyl (C=O) groups is 1. The minimum Gasteiger partial charge on any atom is -0.469 e. The zero-order chi connectivity index (χ0) is 19.1. The van der Waals surface area contributed by atoms with Gasteiger partial charge in [-0.2, -0.15) is 0 Å². The third-order valence-corrected chi connectivity index (χ3v) is 5.13. The fourth-order valence-corrected chi connectivity index (χ4v) is 3.62. The summed E-state index contributed by atoms with van der Waals surface area (Å²) in [7, 11) is 1.38. The molecular formula is C23H27NO3. The van der Waals surface area contributed by atoms with Crippen LogP contribution in [0.25, 0.3) is 5.57 Å². The third kappa shape index (κ3) is 5.06. The van der Waals surface area contributed by atoms with Gasteiger partial charge in [0.15, 0.2) is 0 Å². The molecule has 0 unspecified atom stereocenters. The first-order valence-electron chi connectivity index (χ1n) is 9.48. The minimum atomic E-state index is -0.603. The molecule has 0 amide bonds. The van der Waals surface area contributed by atoms with Crippen LogP contribution in [0, 0.1) is 5.92 Å². The van der Waals surface area contributed by atoms with E-state index in [0.717, 1.165) is 19.5 Å². The van der Waals surface area contributed by atoms with E-state index in [1.807, 2.05) is 12.1 Å². The summed E-state index contributed by atoms with van der Waals surface area (Å²) in [6.45, 7) is 2.20. The topological polar surface area (TPSA) is 49.8 Å². The molecule has 0 saturated carbocycles. The molecule has 27 heavy (non-hydrogen) atoms. The zero-order valence-electron chi connectivity index (χ0n) is 15.8. The van der Waals surface area contributed by atoms with Gasteiger partial charge in [-0.3, -0.25) is 4.79 Å². The smallest absolute Gasteiger partial charge is 0.312 e. The van der Waals surface area contributed by atoms with E-state index >= 15 is 0 Å². The van der Waals surface area contributed by atoms with Crippen LogP contribution in [0.5, 0.6) is 0 Å². The van der Waals surface area contributed by atoms with E-state index in [2.05, 4.69) is 59.5 Å². The molecule has 1 N–H and O–H groups in total. The van der Waals surface area contributed by atoms with Crippen molar-refractivity contribution in [3.05, 3.63) is 77.9 Å². The number of aliphatic hydroxyl groups is 1. The molecule has 0 aliphatic carbocycles. The highest BCUT2D eigenvalue weighted by molar-refractivity contribution is 5.79. The van der Waals surface area contributed by atoms with Crippen LogP contribution in [0.15, 0.2) is 66.7 Å². The van der Waals surface area contributed by atoms with Crippen molar-refractivity contribution in [1.29, 1.82) is 0 Å². The highest BCUT2D eigenvalue weighted by atomic mass is 16.5. The number of ether oxygens (including phenoxy) is 1. The van der Waals surface area contributed by atoms with Crippen molar-refractivity contribution < 1.29 is 14.6 Å². The van der Waals surface area contributed by atoms with Gasteiger partial charge in [-0.25, -0.2) is 0 Å². The number of carbonyl (C=O) groups excluding carboxylic acids is 1. The van der Waals surface area contributed by atoms with Crippen LogP contribution in [0.2, 0.25) is 0 Å². The Kier molecular flexibility index (Phi) is 6.80. The first-order chi connectivity index (χ1) is 13.2. The maximum atomic E-state index is 11.9. The SMILES string of the molecule is COC(=O)[C@H]1CN(CCC=C(c2ccccc2)c2ccccc2)CC[C@H]1O. The molecule has 0 bridgehead atoms. The molecule has 2 aromatic rings. The van der Waals surface area contributed by atoms with Gasteiger partial charge in [0, 0.05) is 19.6 Å². The molecule has 4 heteroatoms. The number of hydrogen-bond donors (Lipinski definition) is 1. The molecule has 1 aliphatic rings. The van der Waals surface area contributed by atoms with E-state index in [9.17, 15) is 9.90 Å². The summed E-state index contributed by atoms with van der Waals surface area (Å²) in [4.78, 5) is 14.1. The molecule has 0 aromatic heterocycles. The Bertz CT molecular complexity index is 716. The van der Waals surface area contributed by atoms with Crippen molar-refractivity contribution in [2.45, 2.75) is 18.9 Å². The average molecular weight is 365 g/mol. The Morgan fingerprint density at radius 2 is 1.70 bits per heavy atom. The second kappa shape index (κ2) is 9.49. The summed E-state index contributed by atoms with van der Waals surface area (Å²) in [5.41, 5.74) is 3.62. The monoisotopic (exact) mass is 365 g/mol. The van der Waals surface area contributed by atoms with Gasteiger partial charge in [-0.15, -0.1) is 0 Å². The fraction of sp³-hybridized carbons (Fsp3) is 0.348. The molecular weight excluding hydrogens is 338 g/mol. The number of likely N-dealkylation sites (tertiary alicyclic amines) is 1. The van der Waals surface area contributed by atoms with Crippen molar-refractivity contribution in [3.63, 3.8) is 0 Å². The van der Waals surface area contributed by atoms with Crippen molar-refractivity contribution in [2.75, 3.05) is 26.7 Å². The summed E-state index contributed by atoms with van der Waals surface area (Å²) in [6, 6.07) is 20.8. The van der Waals surface area contributed by atoms with Crippen LogP contribution in [-0.2, 0) is 9.53 Å². The number of aliphatic hydroxyl groups excluding tert-OH is 1. The molecule has 2 aromatic carbocycles. The quantitative estimate of drug-likeness (QED) is 0.798. The number of rotatable bonds is 6. The molecule has 142 valence electrons.